The molecule has 0 spiro atoms. The molecule has 0 aromatic rings. The Morgan fingerprint density at radius 2 is 2.06 bits per heavy atom. The molecule has 0 saturated carbocycles. The Morgan fingerprint density at radius 3 is 2.76 bits per heavy atom. The molecule has 0 aromatic heterocycles. The van der Waals surface area contributed by atoms with Crippen molar-refractivity contribution in [3.05, 3.63) is 72.3 Å². The highest BCUT2D eigenvalue weighted by molar-refractivity contribution is 5.28. The van der Waals surface area contributed by atoms with E-state index in [0.717, 1.165) is 11.5 Å². The second kappa shape index (κ2) is 7.50. The van der Waals surface area contributed by atoms with E-state index in [-0.39, 0.29) is 0 Å². The van der Waals surface area contributed by atoms with Crippen LogP contribution in [0.2, 0.25) is 0 Å². The van der Waals surface area contributed by atoms with Gasteiger partial charge in [0, 0.05) is 0 Å². The fourth-order valence-electron chi connectivity index (χ4n) is 1.38. The standard InChI is InChI=1S/C16H20O/c1-4-6-10-15(8-5-2)17-16-11-7-9-14(3)12-13-16/h4-14H,1-3H3/b6-4-,8-5-,15-10+. The van der Waals surface area contributed by atoms with Crippen LogP contribution < -0.4 is 0 Å². The van der Waals surface area contributed by atoms with E-state index in [1.807, 2.05) is 62.5 Å². The summed E-state index contributed by atoms with van der Waals surface area (Å²) in [7, 11) is 0. The van der Waals surface area contributed by atoms with Crippen molar-refractivity contribution < 1.29 is 4.74 Å². The van der Waals surface area contributed by atoms with Crippen LogP contribution in [0.3, 0.4) is 0 Å². The molecule has 1 atom stereocenters. The van der Waals surface area contributed by atoms with E-state index in [1.165, 1.54) is 0 Å². The van der Waals surface area contributed by atoms with Crippen LogP contribution in [0.25, 0.3) is 0 Å². The minimum atomic E-state index is 0.456. The van der Waals surface area contributed by atoms with Crippen molar-refractivity contribution in [2.75, 3.05) is 0 Å². The zero-order valence-corrected chi connectivity index (χ0v) is 10.8. The summed E-state index contributed by atoms with van der Waals surface area (Å²) < 4.78 is 5.81. The van der Waals surface area contributed by atoms with E-state index < -0.39 is 0 Å². The highest BCUT2D eigenvalue weighted by atomic mass is 16.5. The Morgan fingerprint density at radius 1 is 1.24 bits per heavy atom. The first kappa shape index (κ1) is 13.3. The molecule has 90 valence electrons. The molecule has 1 unspecified atom stereocenters. The van der Waals surface area contributed by atoms with Crippen LogP contribution >= 0.6 is 0 Å². The lowest BCUT2D eigenvalue weighted by molar-refractivity contribution is 0.336. The largest absolute Gasteiger partial charge is 0.457 e. The molecule has 0 N–H and O–H groups in total. The molecule has 1 nitrogen and oxygen atoms in total. The summed E-state index contributed by atoms with van der Waals surface area (Å²) >= 11 is 0. The van der Waals surface area contributed by atoms with Crippen LogP contribution in [0.1, 0.15) is 20.8 Å². The molecule has 1 aliphatic carbocycles. The smallest absolute Gasteiger partial charge is 0.127 e. The number of rotatable bonds is 4. The molecule has 0 heterocycles. The first-order valence-electron chi connectivity index (χ1n) is 5.96. The lowest BCUT2D eigenvalue weighted by Crippen LogP contribution is -1.88. The second-order valence-electron chi connectivity index (χ2n) is 3.87. The number of hydrogen-bond donors (Lipinski definition) is 0. The maximum atomic E-state index is 5.81. The van der Waals surface area contributed by atoms with Crippen LogP contribution in [-0.2, 0) is 4.74 Å². The van der Waals surface area contributed by atoms with Crippen molar-refractivity contribution in [1.29, 1.82) is 0 Å². The van der Waals surface area contributed by atoms with Gasteiger partial charge in [0.1, 0.15) is 11.5 Å². The Kier molecular flexibility index (Phi) is 5.87. The highest BCUT2D eigenvalue weighted by Gasteiger charge is 2.00. The fraction of sp³-hybridized carbons (Fsp3) is 0.250. The van der Waals surface area contributed by atoms with Gasteiger partial charge in [-0.3, -0.25) is 0 Å². The molecule has 1 aliphatic rings. The molecule has 1 heteroatoms. The Hall–Kier alpha value is -1.76. The van der Waals surface area contributed by atoms with Gasteiger partial charge in [0.25, 0.3) is 0 Å². The van der Waals surface area contributed by atoms with Gasteiger partial charge in [0.15, 0.2) is 0 Å². The number of allylic oxidation sites excluding steroid dienone is 10. The van der Waals surface area contributed by atoms with E-state index in [2.05, 4.69) is 19.1 Å². The van der Waals surface area contributed by atoms with Gasteiger partial charge in [0.2, 0.25) is 0 Å². The lowest BCUT2D eigenvalue weighted by atomic mass is 10.2. The van der Waals surface area contributed by atoms with Crippen molar-refractivity contribution in [3.8, 4) is 0 Å². The summed E-state index contributed by atoms with van der Waals surface area (Å²) in [6.07, 6.45) is 20.1. The first-order valence-corrected chi connectivity index (χ1v) is 5.96. The third-order valence-corrected chi connectivity index (χ3v) is 2.26. The molecule has 0 aliphatic heterocycles. The third-order valence-electron chi connectivity index (χ3n) is 2.26. The van der Waals surface area contributed by atoms with E-state index in [4.69, 9.17) is 4.74 Å². The molecule has 0 bridgehead atoms. The van der Waals surface area contributed by atoms with Crippen LogP contribution in [0.15, 0.2) is 72.3 Å². The Balaban J connectivity index is 2.77. The number of ether oxygens (including phenoxy) is 1. The summed E-state index contributed by atoms with van der Waals surface area (Å²) in [6, 6.07) is 0. The maximum Gasteiger partial charge on any atom is 0.127 e. The zero-order chi connectivity index (χ0) is 12.5. The van der Waals surface area contributed by atoms with Crippen molar-refractivity contribution in [3.63, 3.8) is 0 Å². The molecule has 0 amide bonds. The van der Waals surface area contributed by atoms with E-state index in [9.17, 15) is 0 Å². The zero-order valence-electron chi connectivity index (χ0n) is 10.8. The molecule has 0 saturated heterocycles. The predicted molar refractivity (Wildman–Crippen MR) is 74.3 cm³/mol. The summed E-state index contributed by atoms with van der Waals surface area (Å²) in [5, 5.41) is 0. The SMILES string of the molecule is C\C=C/C=C(\C=C/C)OC1=CC=CC(C)C=C1. The highest BCUT2D eigenvalue weighted by Crippen LogP contribution is 2.15. The van der Waals surface area contributed by atoms with Gasteiger partial charge in [-0.15, -0.1) is 0 Å². The fourth-order valence-corrected chi connectivity index (χ4v) is 1.38. The van der Waals surface area contributed by atoms with Gasteiger partial charge in [0.05, 0.1) is 0 Å². The van der Waals surface area contributed by atoms with Crippen molar-refractivity contribution in [2.24, 2.45) is 5.92 Å². The predicted octanol–water partition coefficient (Wildman–Crippen LogP) is 4.69. The lowest BCUT2D eigenvalue weighted by Gasteiger charge is -2.06. The topological polar surface area (TPSA) is 9.23 Å². The summed E-state index contributed by atoms with van der Waals surface area (Å²) in [6.45, 7) is 6.11. The van der Waals surface area contributed by atoms with Gasteiger partial charge < -0.3 is 4.74 Å². The summed E-state index contributed by atoms with van der Waals surface area (Å²) in [4.78, 5) is 0. The first-order chi connectivity index (χ1) is 8.26. The van der Waals surface area contributed by atoms with Gasteiger partial charge in [-0.05, 0) is 44.1 Å². The van der Waals surface area contributed by atoms with Crippen LogP contribution in [0.5, 0.6) is 0 Å². The molecule has 1 rings (SSSR count). The Bertz CT molecular complexity index is 403. The average Bonchev–Trinajstić information content (AvgIpc) is 2.52. The summed E-state index contributed by atoms with van der Waals surface area (Å²) in [5.74, 6) is 2.15. The molecule has 0 fully saturated rings. The van der Waals surface area contributed by atoms with Gasteiger partial charge in [-0.25, -0.2) is 0 Å². The monoisotopic (exact) mass is 228 g/mol. The van der Waals surface area contributed by atoms with Gasteiger partial charge in [-0.1, -0.05) is 43.4 Å². The summed E-state index contributed by atoms with van der Waals surface area (Å²) in [5.41, 5.74) is 0. The van der Waals surface area contributed by atoms with Crippen molar-refractivity contribution >= 4 is 0 Å². The second-order valence-corrected chi connectivity index (χ2v) is 3.87. The van der Waals surface area contributed by atoms with Crippen LogP contribution in [0, 0.1) is 5.92 Å². The van der Waals surface area contributed by atoms with E-state index in [1.54, 1.807) is 0 Å². The van der Waals surface area contributed by atoms with Gasteiger partial charge >= 0.3 is 0 Å². The Labute approximate surface area is 104 Å². The van der Waals surface area contributed by atoms with Crippen LogP contribution in [0.4, 0.5) is 0 Å². The van der Waals surface area contributed by atoms with Crippen molar-refractivity contribution in [2.45, 2.75) is 20.8 Å². The molecule has 0 aromatic carbocycles. The molecular formula is C16H20O. The minimum Gasteiger partial charge on any atom is -0.457 e. The molecule has 0 radical (unpaired) electrons. The molecule has 17 heavy (non-hydrogen) atoms. The number of hydrogen-bond acceptors (Lipinski definition) is 1. The van der Waals surface area contributed by atoms with Gasteiger partial charge in [-0.2, -0.15) is 0 Å². The minimum absolute atomic E-state index is 0.456. The third kappa shape index (κ3) is 5.21. The van der Waals surface area contributed by atoms with E-state index in [0.29, 0.717) is 5.92 Å². The quantitative estimate of drug-likeness (QED) is 0.501. The normalized spacial score (nSPS) is 21.0. The average molecular weight is 228 g/mol. The van der Waals surface area contributed by atoms with E-state index >= 15 is 0 Å². The maximum absolute atomic E-state index is 5.81. The van der Waals surface area contributed by atoms with Crippen LogP contribution in [-0.4, -0.2) is 0 Å². The van der Waals surface area contributed by atoms with Crippen molar-refractivity contribution in [1.82, 2.24) is 0 Å². The molecular weight excluding hydrogens is 208 g/mol.